The van der Waals surface area contributed by atoms with Gasteiger partial charge >= 0.3 is 14.4 Å². The third-order valence-electron chi connectivity index (χ3n) is 8.39. The average molecular weight is 673 g/mol. The number of amides is 1. The molecule has 16 heteroatoms. The number of halogens is 3. The summed E-state index contributed by atoms with van der Waals surface area (Å²) in [5.41, 5.74) is 1.80. The molecule has 0 spiro atoms. The SMILES string of the molecule is CCC1(CC)c2c(-c3cnn(CCCO)c3)ccc(Nc3nc(Nc4ccc(CO[P+](=O)O)cc4)ncc3C(F)(F)F)c2C(=O)N1C. The number of carbonyl (C=O) groups excluding carboxylic acids is 1. The molecule has 0 fully saturated rings. The first-order valence-electron chi connectivity index (χ1n) is 14.9. The van der Waals surface area contributed by atoms with Gasteiger partial charge in [-0.15, -0.1) is 9.42 Å². The molecule has 5 rings (SSSR count). The highest BCUT2D eigenvalue weighted by Gasteiger charge is 2.48. The lowest BCUT2D eigenvalue weighted by Crippen LogP contribution is -2.40. The fraction of sp³-hybridized carbons (Fsp3) is 0.355. The Bertz CT molecular complexity index is 1780. The van der Waals surface area contributed by atoms with Crippen molar-refractivity contribution in [3.8, 4) is 11.1 Å². The molecule has 2 aromatic heterocycles. The van der Waals surface area contributed by atoms with Gasteiger partial charge < -0.3 is 20.6 Å². The van der Waals surface area contributed by atoms with E-state index in [9.17, 15) is 27.6 Å². The van der Waals surface area contributed by atoms with Crippen LogP contribution in [0.2, 0.25) is 0 Å². The van der Waals surface area contributed by atoms with Gasteiger partial charge in [-0.1, -0.05) is 32.0 Å². The number of carbonyl (C=O) groups is 1. The fourth-order valence-electron chi connectivity index (χ4n) is 5.93. The van der Waals surface area contributed by atoms with Gasteiger partial charge in [-0.25, -0.2) is 4.98 Å². The molecule has 1 aliphatic rings. The largest absolute Gasteiger partial charge is 0.695 e. The van der Waals surface area contributed by atoms with E-state index in [2.05, 4.69) is 30.2 Å². The van der Waals surface area contributed by atoms with Crippen molar-refractivity contribution in [2.75, 3.05) is 24.3 Å². The van der Waals surface area contributed by atoms with Crippen LogP contribution < -0.4 is 10.6 Å². The first-order valence-corrected chi connectivity index (χ1v) is 16.0. The predicted octanol–water partition coefficient (Wildman–Crippen LogP) is 6.50. The van der Waals surface area contributed by atoms with E-state index in [4.69, 9.17) is 4.89 Å². The highest BCUT2D eigenvalue weighted by molar-refractivity contribution is 7.32. The molecule has 2 aromatic carbocycles. The number of nitrogens with one attached hydrogen (secondary N) is 2. The number of nitrogens with zero attached hydrogens (tertiary/aromatic N) is 5. The molecule has 0 radical (unpaired) electrons. The maximum atomic E-state index is 14.2. The van der Waals surface area contributed by atoms with E-state index in [1.807, 2.05) is 20.0 Å². The van der Waals surface area contributed by atoms with Crippen LogP contribution in [0, 0.1) is 0 Å². The Morgan fingerprint density at radius 1 is 1.06 bits per heavy atom. The van der Waals surface area contributed by atoms with Gasteiger partial charge in [0.25, 0.3) is 5.91 Å². The molecule has 12 nitrogen and oxygen atoms in total. The van der Waals surface area contributed by atoms with Gasteiger partial charge in [0.1, 0.15) is 18.0 Å². The summed E-state index contributed by atoms with van der Waals surface area (Å²) in [6, 6.07) is 9.76. The summed E-state index contributed by atoms with van der Waals surface area (Å²) < 4.78 is 59.8. The Morgan fingerprint density at radius 2 is 1.79 bits per heavy atom. The predicted molar refractivity (Wildman–Crippen MR) is 168 cm³/mol. The quantitative estimate of drug-likeness (QED) is 0.116. The van der Waals surface area contributed by atoms with Crippen LogP contribution in [0.1, 0.15) is 60.2 Å². The number of alkyl halides is 3. The topological polar surface area (TPSA) is 155 Å². The second-order valence-electron chi connectivity index (χ2n) is 11.0. The minimum Gasteiger partial charge on any atom is -0.396 e. The van der Waals surface area contributed by atoms with E-state index in [1.165, 1.54) is 0 Å². The lowest BCUT2D eigenvalue weighted by molar-refractivity contribution is -0.137. The summed E-state index contributed by atoms with van der Waals surface area (Å²) in [6.45, 7) is 4.34. The molecular weight excluding hydrogens is 638 g/mol. The zero-order chi connectivity index (χ0) is 33.9. The van der Waals surface area contributed by atoms with Gasteiger partial charge in [0, 0.05) is 54.0 Å². The zero-order valence-corrected chi connectivity index (χ0v) is 26.8. The number of aryl methyl sites for hydroxylation is 1. The van der Waals surface area contributed by atoms with Crippen LogP contribution in [0.4, 0.5) is 36.3 Å². The van der Waals surface area contributed by atoms with E-state index in [0.717, 1.165) is 11.1 Å². The molecule has 47 heavy (non-hydrogen) atoms. The standard InChI is InChI=1S/C31H33F3N7O5P/c1-4-30(5-2)26-22(20-15-36-41(17-20)13-6-14-42)11-12-24(25(26)28(43)40(30)3)38-27-23(31(32,33)34)16-35-29(39-27)37-21-9-7-19(8-10-21)18-46-47(44)45/h7-12,15-17,42H,4-6,13-14,18H2,1-3H3,(H2-,35,37,38,39,43,44,45)/p+1. The second kappa shape index (κ2) is 13.7. The summed E-state index contributed by atoms with van der Waals surface area (Å²) in [7, 11) is -1.06. The van der Waals surface area contributed by atoms with E-state index in [0.29, 0.717) is 48.8 Å². The molecule has 0 saturated heterocycles. The average Bonchev–Trinajstić information content (AvgIpc) is 3.60. The van der Waals surface area contributed by atoms with Crippen molar-refractivity contribution >= 4 is 37.3 Å². The van der Waals surface area contributed by atoms with Gasteiger partial charge in [0.2, 0.25) is 5.95 Å². The van der Waals surface area contributed by atoms with Crippen LogP contribution in [0.3, 0.4) is 0 Å². The van der Waals surface area contributed by atoms with Gasteiger partial charge in [-0.3, -0.25) is 9.48 Å². The summed E-state index contributed by atoms with van der Waals surface area (Å²) in [5.74, 6) is -1.01. The third kappa shape index (κ3) is 6.84. The second-order valence-corrected chi connectivity index (χ2v) is 11.7. The number of benzene rings is 2. The molecule has 4 aromatic rings. The maximum absolute atomic E-state index is 14.2. The van der Waals surface area contributed by atoms with E-state index in [1.54, 1.807) is 59.2 Å². The summed E-state index contributed by atoms with van der Waals surface area (Å²) in [6.07, 6.45) is 1.01. The summed E-state index contributed by atoms with van der Waals surface area (Å²) >= 11 is 0. The maximum Gasteiger partial charge on any atom is 0.695 e. The number of hydrogen-bond donors (Lipinski definition) is 4. The van der Waals surface area contributed by atoms with Gasteiger partial charge in [-0.2, -0.15) is 23.3 Å². The molecule has 3 heterocycles. The van der Waals surface area contributed by atoms with E-state index < -0.39 is 31.4 Å². The highest BCUT2D eigenvalue weighted by atomic mass is 31.1. The number of hydrogen-bond acceptors (Lipinski definition) is 9. The molecule has 1 amide bonds. The number of anilines is 4. The Morgan fingerprint density at radius 3 is 2.43 bits per heavy atom. The number of rotatable bonds is 13. The number of aromatic nitrogens is 4. The van der Waals surface area contributed by atoms with E-state index in [-0.39, 0.29) is 36.3 Å². The van der Waals surface area contributed by atoms with Crippen molar-refractivity contribution in [1.29, 1.82) is 0 Å². The van der Waals surface area contributed by atoms with Crippen molar-refractivity contribution in [2.24, 2.45) is 0 Å². The van der Waals surface area contributed by atoms with Crippen LogP contribution in [-0.4, -0.2) is 54.2 Å². The molecule has 1 aliphatic heterocycles. The molecular formula is C31H34F3N7O5P+. The van der Waals surface area contributed by atoms with Gasteiger partial charge in [0.05, 0.1) is 23.0 Å². The monoisotopic (exact) mass is 672 g/mol. The Balaban J connectivity index is 1.56. The van der Waals surface area contributed by atoms with Crippen molar-refractivity contribution in [1.82, 2.24) is 24.6 Å². The first kappa shape index (κ1) is 33.9. The van der Waals surface area contributed by atoms with Crippen LogP contribution in [0.25, 0.3) is 11.1 Å². The van der Waals surface area contributed by atoms with Crippen LogP contribution >= 0.6 is 8.25 Å². The Hall–Kier alpha value is -4.43. The fourth-order valence-corrected chi connectivity index (χ4v) is 6.19. The van der Waals surface area contributed by atoms with Gasteiger partial charge in [-0.05, 0) is 48.6 Å². The minimum atomic E-state index is -4.81. The molecule has 0 saturated carbocycles. The molecule has 1 unspecified atom stereocenters. The molecule has 248 valence electrons. The number of fused-ring (bicyclic) bond motifs is 1. The normalized spacial score (nSPS) is 14.3. The number of aliphatic hydroxyl groups excluding tert-OH is 1. The molecule has 0 aliphatic carbocycles. The minimum absolute atomic E-state index is 0.0107. The number of aliphatic hydroxyl groups is 1. The van der Waals surface area contributed by atoms with Crippen molar-refractivity contribution < 1.29 is 37.1 Å². The smallest absolute Gasteiger partial charge is 0.396 e. The molecule has 0 bridgehead atoms. The van der Waals surface area contributed by atoms with Crippen molar-refractivity contribution in [3.05, 3.63) is 77.2 Å². The Labute approximate surface area is 269 Å². The highest BCUT2D eigenvalue weighted by Crippen LogP contribution is 2.50. The van der Waals surface area contributed by atoms with Crippen LogP contribution in [0.5, 0.6) is 0 Å². The van der Waals surface area contributed by atoms with Crippen molar-refractivity contribution in [2.45, 2.75) is 58.0 Å². The van der Waals surface area contributed by atoms with Crippen molar-refractivity contribution in [3.63, 3.8) is 0 Å². The van der Waals surface area contributed by atoms with Crippen LogP contribution in [-0.2, 0) is 34.0 Å². The summed E-state index contributed by atoms with van der Waals surface area (Å²) in [4.78, 5) is 32.4. The Kier molecular flexibility index (Phi) is 9.92. The molecule has 4 N–H and O–H groups in total. The summed E-state index contributed by atoms with van der Waals surface area (Å²) in [5, 5.41) is 19.3. The lowest BCUT2D eigenvalue weighted by Gasteiger charge is -2.36. The third-order valence-corrected chi connectivity index (χ3v) is 8.74. The van der Waals surface area contributed by atoms with Crippen LogP contribution in [0.15, 0.2) is 55.0 Å². The lowest BCUT2D eigenvalue weighted by atomic mass is 9.80. The zero-order valence-electron chi connectivity index (χ0n) is 25.9. The molecule has 1 atom stereocenters. The van der Waals surface area contributed by atoms with Gasteiger partial charge in [0.15, 0.2) is 0 Å². The first-order chi connectivity index (χ1) is 22.4. The van der Waals surface area contributed by atoms with E-state index >= 15 is 0 Å².